The molecule has 3 heterocycles. The van der Waals surface area contributed by atoms with E-state index in [1.54, 1.807) is 38.1 Å². The van der Waals surface area contributed by atoms with Crippen molar-refractivity contribution in [3.63, 3.8) is 0 Å². The number of allylic oxidation sites excluding steroid dienone is 1. The minimum atomic E-state index is -1.16. The summed E-state index contributed by atoms with van der Waals surface area (Å²) < 4.78 is 26.5. The van der Waals surface area contributed by atoms with E-state index in [-0.39, 0.29) is 22.8 Å². The largest absolute Gasteiger partial charge is 0.478 e. The molecule has 1 atom stereocenters. The molecule has 11 heteroatoms. The van der Waals surface area contributed by atoms with Crippen LogP contribution in [0.2, 0.25) is 5.02 Å². The lowest BCUT2D eigenvalue weighted by Crippen LogP contribution is -2.39. The topological polar surface area (TPSA) is 111 Å². The minimum absolute atomic E-state index is 0.0611. The summed E-state index contributed by atoms with van der Waals surface area (Å²) >= 11 is 7.08. The van der Waals surface area contributed by atoms with Crippen LogP contribution in [0.15, 0.2) is 80.1 Å². The van der Waals surface area contributed by atoms with Gasteiger partial charge in [-0.3, -0.25) is 9.36 Å². The lowest BCUT2D eigenvalue weighted by molar-refractivity contribution is -0.139. The molecule has 0 saturated heterocycles. The molecule has 5 rings (SSSR count). The highest BCUT2D eigenvalue weighted by atomic mass is 35.5. The molecule has 198 valence electrons. The number of esters is 1. The van der Waals surface area contributed by atoms with E-state index >= 15 is 0 Å². The van der Waals surface area contributed by atoms with Gasteiger partial charge in [0.15, 0.2) is 4.80 Å². The number of thiazole rings is 1. The fourth-order valence-corrected chi connectivity index (χ4v) is 5.53. The number of fused-ring (bicyclic) bond motifs is 1. The fourth-order valence-electron chi connectivity index (χ4n) is 4.31. The molecule has 1 aliphatic rings. The summed E-state index contributed by atoms with van der Waals surface area (Å²) in [7, 11) is 0. The van der Waals surface area contributed by atoms with Crippen molar-refractivity contribution in [2.45, 2.75) is 19.9 Å². The summed E-state index contributed by atoms with van der Waals surface area (Å²) in [4.78, 5) is 42.9. The Hall–Kier alpha value is -4.28. The lowest BCUT2D eigenvalue weighted by atomic mass is 9.96. The molecule has 0 amide bonds. The van der Waals surface area contributed by atoms with Crippen molar-refractivity contribution in [3.05, 3.63) is 113 Å². The Kier molecular flexibility index (Phi) is 7.07. The van der Waals surface area contributed by atoms with Crippen LogP contribution in [0, 0.1) is 5.82 Å². The second-order valence-corrected chi connectivity index (χ2v) is 9.97. The summed E-state index contributed by atoms with van der Waals surface area (Å²) in [5.41, 5.74) is 1.14. The number of halogens is 2. The molecule has 0 fully saturated rings. The number of nitrogens with zero attached hydrogens (tertiary/aromatic N) is 2. The fraction of sp³-hybridized carbons (Fsp3) is 0.143. The molecule has 0 saturated carbocycles. The third-order valence-corrected chi connectivity index (χ3v) is 7.40. The van der Waals surface area contributed by atoms with Crippen molar-refractivity contribution in [1.82, 2.24) is 4.57 Å². The number of carbonyl (C=O) groups excluding carboxylic acids is 1. The Morgan fingerprint density at radius 3 is 2.64 bits per heavy atom. The van der Waals surface area contributed by atoms with E-state index in [1.165, 1.54) is 41.0 Å². The van der Waals surface area contributed by atoms with Gasteiger partial charge >= 0.3 is 11.9 Å². The molecule has 39 heavy (non-hydrogen) atoms. The van der Waals surface area contributed by atoms with Crippen LogP contribution in [0.1, 0.15) is 41.6 Å². The van der Waals surface area contributed by atoms with Gasteiger partial charge in [0.2, 0.25) is 0 Å². The molecule has 0 aliphatic carbocycles. The predicted molar refractivity (Wildman–Crippen MR) is 143 cm³/mol. The Bertz CT molecular complexity index is 1830. The number of furan rings is 1. The predicted octanol–water partition coefficient (Wildman–Crippen LogP) is 4.55. The Balaban J connectivity index is 1.61. The third-order valence-electron chi connectivity index (χ3n) is 6.08. The maximum atomic E-state index is 13.7. The third kappa shape index (κ3) is 4.96. The highest BCUT2D eigenvalue weighted by Crippen LogP contribution is 2.31. The number of rotatable bonds is 6. The molecule has 2 aromatic heterocycles. The van der Waals surface area contributed by atoms with Crippen LogP contribution in [0.3, 0.4) is 0 Å². The van der Waals surface area contributed by atoms with Crippen LogP contribution < -0.4 is 14.9 Å². The summed E-state index contributed by atoms with van der Waals surface area (Å²) in [6.07, 6.45) is 1.55. The van der Waals surface area contributed by atoms with E-state index in [4.69, 9.17) is 20.8 Å². The van der Waals surface area contributed by atoms with Crippen LogP contribution >= 0.6 is 22.9 Å². The number of aromatic carboxylic acids is 1. The number of benzene rings is 2. The van der Waals surface area contributed by atoms with Crippen LogP contribution in [-0.2, 0) is 9.53 Å². The molecular weight excluding hydrogens is 547 g/mol. The highest BCUT2D eigenvalue weighted by Gasteiger charge is 2.33. The van der Waals surface area contributed by atoms with Gasteiger partial charge in [-0.1, -0.05) is 35.1 Å². The van der Waals surface area contributed by atoms with Gasteiger partial charge in [0.05, 0.1) is 39.0 Å². The Morgan fingerprint density at radius 1 is 1.21 bits per heavy atom. The van der Waals surface area contributed by atoms with Crippen LogP contribution in [0.25, 0.3) is 17.4 Å². The van der Waals surface area contributed by atoms with Gasteiger partial charge in [-0.15, -0.1) is 0 Å². The van der Waals surface area contributed by atoms with E-state index in [9.17, 15) is 23.9 Å². The number of carboxylic acids is 1. The SMILES string of the molecule is CCOC(=O)C1=C(C)N=c2s/c(=C\c3ccc(-c4ccc(Cl)c(C(=O)O)c4)o3)c(=O)n2[C@H]1c1ccc(F)cc1. The highest BCUT2D eigenvalue weighted by molar-refractivity contribution is 7.07. The van der Waals surface area contributed by atoms with Gasteiger partial charge in [0, 0.05) is 11.6 Å². The van der Waals surface area contributed by atoms with E-state index < -0.39 is 29.4 Å². The first-order valence-electron chi connectivity index (χ1n) is 11.8. The average molecular weight is 567 g/mol. The molecule has 4 aromatic rings. The van der Waals surface area contributed by atoms with Crippen LogP contribution in [0.4, 0.5) is 4.39 Å². The van der Waals surface area contributed by atoms with Crippen LogP contribution in [-0.4, -0.2) is 28.2 Å². The Labute approximate surface area is 229 Å². The summed E-state index contributed by atoms with van der Waals surface area (Å²) in [6, 6.07) is 12.5. The van der Waals surface area contributed by atoms with Gasteiger partial charge in [-0.2, -0.15) is 0 Å². The van der Waals surface area contributed by atoms with Gasteiger partial charge < -0.3 is 14.3 Å². The second-order valence-electron chi connectivity index (χ2n) is 8.56. The van der Waals surface area contributed by atoms with Gasteiger partial charge in [0.1, 0.15) is 17.3 Å². The molecule has 0 bridgehead atoms. The monoisotopic (exact) mass is 566 g/mol. The number of ether oxygens (including phenoxy) is 1. The molecule has 8 nitrogen and oxygen atoms in total. The number of hydrogen-bond donors (Lipinski definition) is 1. The number of hydrogen-bond acceptors (Lipinski definition) is 7. The second kappa shape index (κ2) is 10.5. The van der Waals surface area contributed by atoms with E-state index in [1.807, 2.05) is 0 Å². The van der Waals surface area contributed by atoms with Gasteiger partial charge in [0.25, 0.3) is 5.56 Å². The summed E-state index contributed by atoms with van der Waals surface area (Å²) in [5.74, 6) is -1.49. The molecular formula is C28H20ClFN2O6S. The maximum absolute atomic E-state index is 13.7. The first kappa shape index (κ1) is 26.3. The molecule has 0 spiro atoms. The normalized spacial score (nSPS) is 15.2. The first-order valence-corrected chi connectivity index (χ1v) is 13.0. The van der Waals surface area contributed by atoms with Crippen molar-refractivity contribution < 1.29 is 28.2 Å². The van der Waals surface area contributed by atoms with Crippen LogP contribution in [0.5, 0.6) is 0 Å². The number of aromatic nitrogens is 1. The van der Waals surface area contributed by atoms with Crippen molar-refractivity contribution in [2.75, 3.05) is 6.61 Å². The van der Waals surface area contributed by atoms with E-state index in [0.29, 0.717) is 37.7 Å². The molecule has 0 unspecified atom stereocenters. The van der Waals surface area contributed by atoms with Gasteiger partial charge in [-0.25, -0.2) is 19.0 Å². The van der Waals surface area contributed by atoms with Crippen molar-refractivity contribution >= 4 is 41.0 Å². The van der Waals surface area contributed by atoms with Gasteiger partial charge in [-0.05, 0) is 61.9 Å². The quantitative estimate of drug-likeness (QED) is 0.343. The number of carboxylic acid groups (broad SMARTS) is 1. The zero-order valence-electron chi connectivity index (χ0n) is 20.6. The minimum Gasteiger partial charge on any atom is -0.478 e. The zero-order valence-corrected chi connectivity index (χ0v) is 22.2. The maximum Gasteiger partial charge on any atom is 0.338 e. The smallest absolute Gasteiger partial charge is 0.338 e. The summed E-state index contributed by atoms with van der Waals surface area (Å²) in [5, 5.41) is 9.45. The first-order chi connectivity index (χ1) is 18.7. The Morgan fingerprint density at radius 2 is 1.95 bits per heavy atom. The molecule has 1 N–H and O–H groups in total. The standard InChI is InChI=1S/C28H20ClFN2O6S/c1-3-37-27(36)23-14(2)31-28-32(24(23)15-4-7-17(30)8-5-15)25(33)22(39-28)13-18-9-11-21(38-18)16-6-10-20(29)19(12-16)26(34)35/h4-13,24H,3H2,1-2H3,(H,34,35)/b22-13-/t24-/m0/s1. The molecule has 2 aromatic carbocycles. The lowest BCUT2D eigenvalue weighted by Gasteiger charge is -2.24. The van der Waals surface area contributed by atoms with Crippen molar-refractivity contribution in [2.24, 2.45) is 4.99 Å². The van der Waals surface area contributed by atoms with Crippen molar-refractivity contribution in [3.8, 4) is 11.3 Å². The van der Waals surface area contributed by atoms with E-state index in [2.05, 4.69) is 4.99 Å². The summed E-state index contributed by atoms with van der Waals surface area (Å²) in [6.45, 7) is 3.48. The van der Waals surface area contributed by atoms with Crippen molar-refractivity contribution in [1.29, 1.82) is 0 Å². The average Bonchev–Trinajstić information content (AvgIpc) is 3.48. The van der Waals surface area contributed by atoms with E-state index in [0.717, 1.165) is 11.3 Å². The molecule has 1 aliphatic heterocycles. The zero-order chi connectivity index (χ0) is 27.8. The molecule has 0 radical (unpaired) electrons. The number of carbonyl (C=O) groups is 2.